The molecule has 2 aromatic rings. The molecule has 0 spiro atoms. The molecule has 0 bridgehead atoms. The molecule has 1 saturated heterocycles. The molecular weight excluding hydrogens is 348 g/mol. The Morgan fingerprint density at radius 2 is 2.38 bits per heavy atom. The molecule has 2 aromatic heterocycles. The third kappa shape index (κ3) is 3.96. The van der Waals surface area contributed by atoms with E-state index < -0.39 is 0 Å². The zero-order chi connectivity index (χ0) is 16.9. The summed E-state index contributed by atoms with van der Waals surface area (Å²) in [6.07, 6.45) is 4.47. The van der Waals surface area contributed by atoms with Crippen LogP contribution in [-0.4, -0.2) is 45.8 Å². The van der Waals surface area contributed by atoms with E-state index in [-0.39, 0.29) is 17.7 Å². The van der Waals surface area contributed by atoms with Crippen LogP contribution >= 0.6 is 23.1 Å². The van der Waals surface area contributed by atoms with Crippen molar-refractivity contribution in [3.05, 3.63) is 24.2 Å². The Morgan fingerprint density at radius 1 is 1.50 bits per heavy atom. The molecule has 3 rings (SSSR count). The molecule has 0 unspecified atom stereocenters. The maximum atomic E-state index is 12.5. The summed E-state index contributed by atoms with van der Waals surface area (Å²) in [7, 11) is 0. The number of rotatable bonds is 5. The molecule has 24 heavy (non-hydrogen) atoms. The number of thioether (sulfide) groups is 1. The van der Waals surface area contributed by atoms with Gasteiger partial charge in [-0.25, -0.2) is 0 Å². The van der Waals surface area contributed by atoms with Crippen molar-refractivity contribution in [1.29, 1.82) is 0 Å². The van der Waals surface area contributed by atoms with Crippen molar-refractivity contribution in [2.24, 2.45) is 5.92 Å². The van der Waals surface area contributed by atoms with Gasteiger partial charge in [0.05, 0.1) is 17.7 Å². The summed E-state index contributed by atoms with van der Waals surface area (Å²) in [6.45, 7) is 3.10. The van der Waals surface area contributed by atoms with Gasteiger partial charge in [-0.15, -0.1) is 10.2 Å². The van der Waals surface area contributed by atoms with E-state index in [0.717, 1.165) is 22.9 Å². The smallest absolute Gasteiger partial charge is 0.257 e. The summed E-state index contributed by atoms with van der Waals surface area (Å²) in [5, 5.41) is 11.3. The third-order valence-corrected chi connectivity index (χ3v) is 5.61. The van der Waals surface area contributed by atoms with Gasteiger partial charge in [-0.05, 0) is 24.7 Å². The van der Waals surface area contributed by atoms with Gasteiger partial charge in [0.25, 0.3) is 5.91 Å². The zero-order valence-corrected chi connectivity index (χ0v) is 14.9. The van der Waals surface area contributed by atoms with Gasteiger partial charge in [0, 0.05) is 13.1 Å². The van der Waals surface area contributed by atoms with Crippen LogP contribution in [0.3, 0.4) is 0 Å². The van der Waals surface area contributed by atoms with E-state index in [1.165, 1.54) is 23.9 Å². The van der Waals surface area contributed by atoms with Crippen molar-refractivity contribution >= 4 is 40.0 Å². The number of nitrogens with zero attached hydrogens (tertiary/aromatic N) is 3. The predicted molar refractivity (Wildman–Crippen MR) is 92.3 cm³/mol. The molecule has 0 aromatic carbocycles. The second kappa shape index (κ2) is 7.80. The highest BCUT2D eigenvalue weighted by molar-refractivity contribution is 8.01. The lowest BCUT2D eigenvalue weighted by atomic mass is 9.97. The van der Waals surface area contributed by atoms with Crippen LogP contribution in [0.4, 0.5) is 5.13 Å². The summed E-state index contributed by atoms with van der Waals surface area (Å²) in [5.74, 6) is 0.472. The summed E-state index contributed by atoms with van der Waals surface area (Å²) in [4.78, 5) is 26.5. The molecule has 3 heterocycles. The molecule has 2 amide bonds. The lowest BCUT2D eigenvalue weighted by molar-refractivity contribution is -0.121. The van der Waals surface area contributed by atoms with Gasteiger partial charge in [0.15, 0.2) is 4.34 Å². The monoisotopic (exact) mass is 366 g/mol. The number of carbonyl (C=O) groups is 2. The minimum atomic E-state index is -0.235. The van der Waals surface area contributed by atoms with Crippen LogP contribution in [0.15, 0.2) is 27.3 Å². The number of hydrogen-bond donors (Lipinski definition) is 1. The van der Waals surface area contributed by atoms with E-state index in [9.17, 15) is 9.59 Å². The van der Waals surface area contributed by atoms with Crippen LogP contribution in [0.5, 0.6) is 0 Å². The summed E-state index contributed by atoms with van der Waals surface area (Å²) in [6, 6.07) is 1.64. The van der Waals surface area contributed by atoms with Gasteiger partial charge in [-0.3, -0.25) is 9.59 Å². The second-order valence-corrected chi connectivity index (χ2v) is 7.89. The Balaban J connectivity index is 1.59. The number of carbonyl (C=O) groups excluding carboxylic acids is 2. The van der Waals surface area contributed by atoms with Crippen LogP contribution < -0.4 is 5.32 Å². The molecule has 0 saturated carbocycles. The zero-order valence-electron chi connectivity index (χ0n) is 13.2. The molecule has 1 aliphatic heterocycles. The van der Waals surface area contributed by atoms with Gasteiger partial charge in [-0.2, -0.15) is 0 Å². The predicted octanol–water partition coefficient (Wildman–Crippen LogP) is 2.73. The minimum absolute atomic E-state index is 0.0983. The number of hydrogen-bond acceptors (Lipinski definition) is 7. The molecular formula is C15H18N4O3S2. The lowest BCUT2D eigenvalue weighted by Crippen LogP contribution is -2.43. The fourth-order valence-electron chi connectivity index (χ4n) is 2.59. The minimum Gasteiger partial charge on any atom is -0.472 e. The topological polar surface area (TPSA) is 88.3 Å². The van der Waals surface area contributed by atoms with E-state index in [1.54, 1.807) is 22.7 Å². The first-order valence-electron chi connectivity index (χ1n) is 7.76. The number of piperidine rings is 1. The molecule has 1 aliphatic rings. The second-order valence-electron chi connectivity index (χ2n) is 5.40. The molecule has 0 radical (unpaired) electrons. The fraction of sp³-hybridized carbons (Fsp3) is 0.467. The van der Waals surface area contributed by atoms with Crippen molar-refractivity contribution in [3.63, 3.8) is 0 Å². The highest BCUT2D eigenvalue weighted by Gasteiger charge is 2.29. The average molecular weight is 366 g/mol. The molecule has 1 N–H and O–H groups in total. The number of furan rings is 1. The summed E-state index contributed by atoms with van der Waals surface area (Å²) >= 11 is 2.96. The van der Waals surface area contributed by atoms with Crippen molar-refractivity contribution in [3.8, 4) is 0 Å². The molecule has 9 heteroatoms. The first-order chi connectivity index (χ1) is 11.7. The van der Waals surface area contributed by atoms with Crippen LogP contribution in [0.1, 0.15) is 30.1 Å². The number of likely N-dealkylation sites (tertiary alicyclic amines) is 1. The summed E-state index contributed by atoms with van der Waals surface area (Å²) < 4.78 is 5.80. The van der Waals surface area contributed by atoms with Crippen LogP contribution in [0.2, 0.25) is 0 Å². The maximum absolute atomic E-state index is 12.5. The number of anilines is 1. The third-order valence-electron chi connectivity index (χ3n) is 3.75. The number of amides is 2. The Labute approximate surface area is 147 Å². The average Bonchev–Trinajstić information content (AvgIpc) is 3.27. The maximum Gasteiger partial charge on any atom is 0.257 e. The highest BCUT2D eigenvalue weighted by atomic mass is 32.2. The standard InChI is InChI=1S/C15H18N4O3S2/c1-2-23-15-18-17-14(24-15)16-12(20)10-4-3-6-19(8-10)13(21)11-5-7-22-9-11/h5,7,9-10H,2-4,6,8H2,1H3,(H,16,17,20)/t10-/m0/s1. The normalized spacial score (nSPS) is 17.7. The molecule has 7 nitrogen and oxygen atoms in total. The Hall–Kier alpha value is -1.87. The first-order valence-corrected chi connectivity index (χ1v) is 9.56. The van der Waals surface area contributed by atoms with Gasteiger partial charge in [0.2, 0.25) is 11.0 Å². The molecule has 1 atom stereocenters. The Morgan fingerprint density at radius 3 is 3.12 bits per heavy atom. The SMILES string of the molecule is CCSc1nnc(NC(=O)[C@H]2CCCN(C(=O)c3ccoc3)C2)s1. The van der Waals surface area contributed by atoms with E-state index in [2.05, 4.69) is 15.5 Å². The van der Waals surface area contributed by atoms with E-state index >= 15 is 0 Å². The number of aromatic nitrogens is 2. The number of nitrogens with one attached hydrogen (secondary N) is 1. The lowest BCUT2D eigenvalue weighted by Gasteiger charge is -2.31. The highest BCUT2D eigenvalue weighted by Crippen LogP contribution is 2.26. The van der Waals surface area contributed by atoms with E-state index in [4.69, 9.17) is 4.42 Å². The van der Waals surface area contributed by atoms with Gasteiger partial charge in [0.1, 0.15) is 6.26 Å². The van der Waals surface area contributed by atoms with Gasteiger partial charge < -0.3 is 14.6 Å². The van der Waals surface area contributed by atoms with Crippen molar-refractivity contribution in [2.45, 2.75) is 24.1 Å². The van der Waals surface area contributed by atoms with Crippen LogP contribution in [0.25, 0.3) is 0 Å². The Bertz CT molecular complexity index is 701. The quantitative estimate of drug-likeness (QED) is 0.647. The van der Waals surface area contributed by atoms with Gasteiger partial charge in [-0.1, -0.05) is 30.0 Å². The molecule has 128 valence electrons. The van der Waals surface area contributed by atoms with Crippen molar-refractivity contribution in [1.82, 2.24) is 15.1 Å². The van der Waals surface area contributed by atoms with E-state index in [1.807, 2.05) is 6.92 Å². The summed E-state index contributed by atoms with van der Waals surface area (Å²) in [5.41, 5.74) is 0.515. The Kier molecular flexibility index (Phi) is 5.52. The molecule has 0 aliphatic carbocycles. The van der Waals surface area contributed by atoms with Gasteiger partial charge >= 0.3 is 0 Å². The van der Waals surface area contributed by atoms with E-state index in [0.29, 0.717) is 23.8 Å². The molecule has 1 fully saturated rings. The largest absolute Gasteiger partial charge is 0.472 e. The fourth-order valence-corrected chi connectivity index (χ4v) is 4.25. The van der Waals surface area contributed by atoms with Crippen molar-refractivity contribution < 1.29 is 14.0 Å². The van der Waals surface area contributed by atoms with Crippen LogP contribution in [-0.2, 0) is 4.79 Å². The first kappa shape index (κ1) is 17.0. The van der Waals surface area contributed by atoms with Crippen LogP contribution in [0, 0.1) is 5.92 Å². The van der Waals surface area contributed by atoms with Crippen molar-refractivity contribution in [2.75, 3.05) is 24.2 Å².